The Bertz CT molecular complexity index is 764. The van der Waals surface area contributed by atoms with E-state index in [9.17, 15) is 19.3 Å². The third-order valence-electron chi connectivity index (χ3n) is 3.01. The normalized spacial score (nSPS) is 10.0. The van der Waals surface area contributed by atoms with Crippen LogP contribution in [0.2, 0.25) is 0 Å². The molecule has 0 aromatic heterocycles. The van der Waals surface area contributed by atoms with E-state index in [1.165, 1.54) is 7.11 Å². The molecule has 0 saturated heterocycles. The van der Waals surface area contributed by atoms with Gasteiger partial charge in [0.15, 0.2) is 0 Å². The van der Waals surface area contributed by atoms with E-state index < -0.39 is 16.8 Å². The quantitative estimate of drug-likeness (QED) is 0.664. The minimum absolute atomic E-state index is 0.289. The first-order chi connectivity index (χ1) is 10.9. The minimum Gasteiger partial charge on any atom is -0.495 e. The van der Waals surface area contributed by atoms with Crippen LogP contribution in [0.3, 0.4) is 0 Å². The summed E-state index contributed by atoms with van der Waals surface area (Å²) in [6, 6.07) is 7.31. The van der Waals surface area contributed by atoms with Gasteiger partial charge < -0.3 is 15.4 Å². The second kappa shape index (κ2) is 6.73. The van der Waals surface area contributed by atoms with Gasteiger partial charge in [0.2, 0.25) is 0 Å². The Hall–Kier alpha value is -3.16. The molecule has 2 amide bonds. The van der Waals surface area contributed by atoms with Crippen LogP contribution in [0.1, 0.15) is 5.56 Å². The fourth-order valence-corrected chi connectivity index (χ4v) is 1.92. The molecular formula is C15H14FN3O4. The first-order valence-electron chi connectivity index (χ1n) is 6.57. The summed E-state index contributed by atoms with van der Waals surface area (Å²) in [4.78, 5) is 22.0. The summed E-state index contributed by atoms with van der Waals surface area (Å²) < 4.78 is 18.8. The number of amides is 2. The maximum Gasteiger partial charge on any atom is 0.323 e. The summed E-state index contributed by atoms with van der Waals surface area (Å²) in [5.74, 6) is -0.341. The summed E-state index contributed by atoms with van der Waals surface area (Å²) in [5, 5.41) is 15.5. The highest BCUT2D eigenvalue weighted by Crippen LogP contribution is 2.26. The molecule has 0 radical (unpaired) electrons. The van der Waals surface area contributed by atoms with Crippen LogP contribution in [0.4, 0.5) is 26.2 Å². The Balaban J connectivity index is 2.19. The average molecular weight is 319 g/mol. The molecular weight excluding hydrogens is 305 g/mol. The molecule has 0 unspecified atom stereocenters. The highest BCUT2D eigenvalue weighted by molar-refractivity contribution is 6.01. The number of rotatable bonds is 4. The Kier molecular flexibility index (Phi) is 4.75. The molecule has 0 aliphatic heterocycles. The van der Waals surface area contributed by atoms with Crippen molar-refractivity contribution in [1.82, 2.24) is 0 Å². The van der Waals surface area contributed by atoms with E-state index in [1.807, 2.05) is 13.0 Å². The maximum absolute atomic E-state index is 13.7. The van der Waals surface area contributed by atoms with E-state index in [2.05, 4.69) is 10.6 Å². The Morgan fingerprint density at radius 3 is 2.52 bits per heavy atom. The van der Waals surface area contributed by atoms with E-state index in [4.69, 9.17) is 4.74 Å². The Morgan fingerprint density at radius 1 is 1.17 bits per heavy atom. The van der Waals surface area contributed by atoms with Gasteiger partial charge in [0.25, 0.3) is 5.69 Å². The molecule has 0 bridgehead atoms. The van der Waals surface area contributed by atoms with Crippen molar-refractivity contribution in [3.8, 4) is 5.75 Å². The van der Waals surface area contributed by atoms with Crippen LogP contribution in [-0.4, -0.2) is 18.1 Å². The van der Waals surface area contributed by atoms with Gasteiger partial charge in [-0.05, 0) is 30.7 Å². The molecule has 0 spiro atoms. The lowest BCUT2D eigenvalue weighted by Crippen LogP contribution is -2.20. The highest BCUT2D eigenvalue weighted by atomic mass is 19.1. The summed E-state index contributed by atoms with van der Waals surface area (Å²) in [6.45, 7) is 1.84. The zero-order valence-corrected chi connectivity index (χ0v) is 12.4. The molecule has 2 aromatic rings. The number of hydrogen-bond donors (Lipinski definition) is 2. The number of carbonyl (C=O) groups excluding carboxylic acids is 1. The molecule has 7 nitrogen and oxygen atoms in total. The number of benzene rings is 2. The third kappa shape index (κ3) is 3.94. The molecule has 120 valence electrons. The first-order valence-corrected chi connectivity index (χ1v) is 6.57. The lowest BCUT2D eigenvalue weighted by Gasteiger charge is -2.12. The number of methoxy groups -OCH3 is 1. The van der Waals surface area contributed by atoms with Crippen molar-refractivity contribution in [1.29, 1.82) is 0 Å². The van der Waals surface area contributed by atoms with Gasteiger partial charge in [0, 0.05) is 12.1 Å². The molecule has 2 rings (SSSR count). The van der Waals surface area contributed by atoms with Crippen LogP contribution in [0.15, 0.2) is 36.4 Å². The summed E-state index contributed by atoms with van der Waals surface area (Å²) in [5.41, 5.74) is 0.677. The Labute approximate surface area is 131 Å². The fraction of sp³-hybridized carbons (Fsp3) is 0.133. The van der Waals surface area contributed by atoms with Crippen molar-refractivity contribution in [2.24, 2.45) is 0 Å². The number of halogens is 1. The zero-order chi connectivity index (χ0) is 17.0. The minimum atomic E-state index is -0.776. The molecule has 0 saturated carbocycles. The van der Waals surface area contributed by atoms with Gasteiger partial charge >= 0.3 is 6.03 Å². The van der Waals surface area contributed by atoms with Gasteiger partial charge in [-0.2, -0.15) is 0 Å². The lowest BCUT2D eigenvalue weighted by molar-refractivity contribution is -0.384. The third-order valence-corrected chi connectivity index (χ3v) is 3.01. The second-order valence-corrected chi connectivity index (χ2v) is 4.70. The van der Waals surface area contributed by atoms with Crippen LogP contribution >= 0.6 is 0 Å². The lowest BCUT2D eigenvalue weighted by atomic mass is 10.2. The molecule has 2 aromatic carbocycles. The fourth-order valence-electron chi connectivity index (χ4n) is 1.92. The standard InChI is InChI=1S/C15H14FN3O4/c1-9-3-6-14(23-2)13(7-9)18-15(20)17-12-8-10(19(21)22)4-5-11(12)16/h3-8H,1-2H3,(H2,17,18,20). The molecule has 8 heteroatoms. The van der Waals surface area contributed by atoms with Crippen LogP contribution < -0.4 is 15.4 Å². The molecule has 0 fully saturated rings. The summed E-state index contributed by atoms with van der Waals surface area (Å²) >= 11 is 0. The highest BCUT2D eigenvalue weighted by Gasteiger charge is 2.14. The number of ether oxygens (including phenoxy) is 1. The Morgan fingerprint density at radius 2 is 1.87 bits per heavy atom. The van der Waals surface area contributed by atoms with Crippen LogP contribution in [0, 0.1) is 22.9 Å². The van der Waals surface area contributed by atoms with E-state index in [-0.39, 0.29) is 11.4 Å². The van der Waals surface area contributed by atoms with Crippen molar-refractivity contribution in [2.75, 3.05) is 17.7 Å². The molecule has 0 aliphatic carbocycles. The van der Waals surface area contributed by atoms with Gasteiger partial charge in [-0.15, -0.1) is 0 Å². The first kappa shape index (κ1) is 16.2. The monoisotopic (exact) mass is 319 g/mol. The number of non-ortho nitro benzene ring substituents is 1. The van der Waals surface area contributed by atoms with Gasteiger partial charge in [0.05, 0.1) is 23.4 Å². The second-order valence-electron chi connectivity index (χ2n) is 4.70. The largest absolute Gasteiger partial charge is 0.495 e. The SMILES string of the molecule is COc1ccc(C)cc1NC(=O)Nc1cc([N+](=O)[O-])ccc1F. The zero-order valence-electron chi connectivity index (χ0n) is 12.4. The molecule has 0 aliphatic rings. The van der Waals surface area contributed by atoms with Crippen molar-refractivity contribution in [2.45, 2.75) is 6.92 Å². The van der Waals surface area contributed by atoms with Crippen molar-refractivity contribution >= 4 is 23.1 Å². The van der Waals surface area contributed by atoms with E-state index in [0.717, 1.165) is 23.8 Å². The number of anilines is 2. The number of urea groups is 1. The predicted molar refractivity (Wildman–Crippen MR) is 83.4 cm³/mol. The number of nitrogens with one attached hydrogen (secondary N) is 2. The number of aryl methyl sites for hydroxylation is 1. The number of hydrogen-bond acceptors (Lipinski definition) is 4. The van der Waals surface area contributed by atoms with E-state index in [0.29, 0.717) is 11.4 Å². The van der Waals surface area contributed by atoms with E-state index >= 15 is 0 Å². The summed E-state index contributed by atoms with van der Waals surface area (Å²) in [7, 11) is 1.45. The molecule has 23 heavy (non-hydrogen) atoms. The van der Waals surface area contributed by atoms with Crippen molar-refractivity contribution < 1.29 is 18.8 Å². The van der Waals surface area contributed by atoms with Gasteiger partial charge in [-0.3, -0.25) is 10.1 Å². The van der Waals surface area contributed by atoms with Gasteiger partial charge in [-0.1, -0.05) is 6.07 Å². The molecule has 0 atom stereocenters. The van der Waals surface area contributed by atoms with Crippen LogP contribution in [-0.2, 0) is 0 Å². The number of carbonyl (C=O) groups is 1. The summed E-state index contributed by atoms with van der Waals surface area (Å²) in [6.07, 6.45) is 0. The van der Waals surface area contributed by atoms with E-state index in [1.54, 1.807) is 12.1 Å². The van der Waals surface area contributed by atoms with Gasteiger partial charge in [-0.25, -0.2) is 9.18 Å². The van der Waals surface area contributed by atoms with Crippen molar-refractivity contribution in [3.63, 3.8) is 0 Å². The van der Waals surface area contributed by atoms with Gasteiger partial charge in [0.1, 0.15) is 11.6 Å². The smallest absolute Gasteiger partial charge is 0.323 e. The predicted octanol–water partition coefficient (Wildman–Crippen LogP) is 3.69. The number of nitro groups is 1. The van der Waals surface area contributed by atoms with Crippen LogP contribution in [0.25, 0.3) is 0 Å². The topological polar surface area (TPSA) is 93.5 Å². The number of nitrogens with zero attached hydrogens (tertiary/aromatic N) is 1. The molecule has 0 heterocycles. The number of nitro benzene ring substituents is 1. The van der Waals surface area contributed by atoms with Crippen LogP contribution in [0.5, 0.6) is 5.75 Å². The molecule has 2 N–H and O–H groups in total. The van der Waals surface area contributed by atoms with Crippen molar-refractivity contribution in [3.05, 3.63) is 57.9 Å². The average Bonchev–Trinajstić information content (AvgIpc) is 2.49. The maximum atomic E-state index is 13.7.